The number of rotatable bonds is 9. The highest BCUT2D eigenvalue weighted by molar-refractivity contribution is 5.89. The summed E-state index contributed by atoms with van der Waals surface area (Å²) in [5.74, 6) is -1.94. The molecule has 1 aromatic carbocycles. The van der Waals surface area contributed by atoms with Gasteiger partial charge in [-0.05, 0) is 32.8 Å². The predicted octanol–water partition coefficient (Wildman–Crippen LogP) is 1.00. The van der Waals surface area contributed by atoms with Crippen LogP contribution in [-0.4, -0.2) is 42.1 Å². The van der Waals surface area contributed by atoms with E-state index in [0.29, 0.717) is 0 Å². The molecule has 0 aliphatic heterocycles. The summed E-state index contributed by atoms with van der Waals surface area (Å²) >= 11 is 0. The molecule has 0 fully saturated rings. The number of esters is 1. The van der Waals surface area contributed by atoms with Crippen LogP contribution >= 0.6 is 0 Å². The second-order valence-corrected chi connectivity index (χ2v) is 7.06. The first-order valence-corrected chi connectivity index (χ1v) is 8.82. The van der Waals surface area contributed by atoms with E-state index in [1.54, 1.807) is 20.8 Å². The Balaban J connectivity index is 2.37. The summed E-state index contributed by atoms with van der Waals surface area (Å²) in [6.45, 7) is 4.79. The zero-order valence-corrected chi connectivity index (χ0v) is 16.3. The summed E-state index contributed by atoms with van der Waals surface area (Å²) in [7, 11) is 0. The van der Waals surface area contributed by atoms with Crippen molar-refractivity contribution >= 4 is 23.9 Å². The van der Waals surface area contributed by atoms with Crippen LogP contribution in [0.25, 0.3) is 0 Å². The van der Waals surface area contributed by atoms with Gasteiger partial charge >= 0.3 is 12.1 Å². The van der Waals surface area contributed by atoms with E-state index in [-0.39, 0.29) is 19.4 Å². The highest BCUT2D eigenvalue weighted by atomic mass is 16.6. The van der Waals surface area contributed by atoms with Gasteiger partial charge in [0, 0.05) is 6.42 Å². The minimum absolute atomic E-state index is 0.0128. The summed E-state index contributed by atoms with van der Waals surface area (Å²) in [6.07, 6.45) is -0.871. The molecule has 0 saturated heterocycles. The zero-order valence-electron chi connectivity index (χ0n) is 16.3. The van der Waals surface area contributed by atoms with Crippen molar-refractivity contribution in [2.75, 3.05) is 6.54 Å². The van der Waals surface area contributed by atoms with E-state index in [1.807, 2.05) is 30.3 Å². The number of nitrogens with two attached hydrogens (primary N) is 1. The van der Waals surface area contributed by atoms with Gasteiger partial charge in [-0.1, -0.05) is 30.3 Å². The van der Waals surface area contributed by atoms with E-state index in [0.717, 1.165) is 5.56 Å². The highest BCUT2D eigenvalue weighted by Gasteiger charge is 2.21. The number of amides is 3. The van der Waals surface area contributed by atoms with Crippen LogP contribution in [0.15, 0.2) is 30.3 Å². The Morgan fingerprint density at radius 2 is 1.75 bits per heavy atom. The minimum Gasteiger partial charge on any atom is -0.461 e. The highest BCUT2D eigenvalue weighted by Crippen LogP contribution is 2.06. The van der Waals surface area contributed by atoms with E-state index in [4.69, 9.17) is 15.2 Å². The van der Waals surface area contributed by atoms with E-state index in [2.05, 4.69) is 10.6 Å². The fourth-order valence-electron chi connectivity index (χ4n) is 2.07. The number of benzene rings is 1. The number of primary amides is 1. The van der Waals surface area contributed by atoms with Crippen LogP contribution in [0.3, 0.4) is 0 Å². The summed E-state index contributed by atoms with van der Waals surface area (Å²) in [5.41, 5.74) is 5.40. The smallest absolute Gasteiger partial charge is 0.408 e. The Hall–Kier alpha value is -3.10. The summed E-state index contributed by atoms with van der Waals surface area (Å²) < 4.78 is 10.1. The van der Waals surface area contributed by atoms with E-state index < -0.39 is 42.1 Å². The molecule has 0 aliphatic rings. The van der Waals surface area contributed by atoms with E-state index in [9.17, 15) is 19.2 Å². The lowest BCUT2D eigenvalue weighted by Gasteiger charge is -2.20. The largest absolute Gasteiger partial charge is 0.461 e. The molecular weight excluding hydrogens is 366 g/mol. The molecule has 1 aromatic rings. The third kappa shape index (κ3) is 10.1. The monoisotopic (exact) mass is 393 g/mol. The molecule has 1 atom stereocenters. The molecule has 154 valence electrons. The molecule has 0 radical (unpaired) electrons. The van der Waals surface area contributed by atoms with Crippen molar-refractivity contribution < 1.29 is 28.7 Å². The van der Waals surface area contributed by atoms with Gasteiger partial charge < -0.3 is 25.8 Å². The zero-order chi connectivity index (χ0) is 21.2. The van der Waals surface area contributed by atoms with Gasteiger partial charge in [-0.15, -0.1) is 0 Å². The van der Waals surface area contributed by atoms with Crippen molar-refractivity contribution in [3.05, 3.63) is 35.9 Å². The number of carbonyl (C=O) groups is 4. The standard InChI is InChI=1S/C19H27N3O6/c1-19(2,3)28-18(26)21-11-15(23)22-14(17(20)25)9-10-16(24)27-12-13-7-5-4-6-8-13/h4-8,14H,9-12H2,1-3H3,(H2,20,25)(H,21,26)(H,22,23)/t14-/m1/s1. The van der Waals surface area contributed by atoms with Crippen LogP contribution in [0, 0.1) is 0 Å². The Morgan fingerprint density at radius 1 is 1.11 bits per heavy atom. The van der Waals surface area contributed by atoms with Gasteiger partial charge in [0.15, 0.2) is 0 Å². The van der Waals surface area contributed by atoms with Crippen LogP contribution < -0.4 is 16.4 Å². The lowest BCUT2D eigenvalue weighted by Crippen LogP contribution is -2.48. The minimum atomic E-state index is -1.06. The van der Waals surface area contributed by atoms with Crippen LogP contribution in [0.5, 0.6) is 0 Å². The lowest BCUT2D eigenvalue weighted by molar-refractivity contribution is -0.145. The predicted molar refractivity (Wildman–Crippen MR) is 101 cm³/mol. The maximum Gasteiger partial charge on any atom is 0.408 e. The summed E-state index contributed by atoms with van der Waals surface area (Å²) in [4.78, 5) is 46.7. The first kappa shape index (κ1) is 22.9. The quantitative estimate of drug-likeness (QED) is 0.536. The average Bonchev–Trinajstić information content (AvgIpc) is 2.61. The molecule has 9 nitrogen and oxygen atoms in total. The number of hydrogen-bond acceptors (Lipinski definition) is 6. The number of nitrogens with one attached hydrogen (secondary N) is 2. The Bertz CT molecular complexity index is 685. The Kier molecular flexibility index (Phi) is 8.94. The van der Waals surface area contributed by atoms with Crippen LogP contribution in [0.1, 0.15) is 39.2 Å². The second-order valence-electron chi connectivity index (χ2n) is 7.06. The summed E-state index contributed by atoms with van der Waals surface area (Å²) in [6, 6.07) is 8.08. The van der Waals surface area contributed by atoms with Gasteiger partial charge in [-0.25, -0.2) is 4.79 Å². The van der Waals surface area contributed by atoms with Crippen LogP contribution in [-0.2, 0) is 30.5 Å². The summed E-state index contributed by atoms with van der Waals surface area (Å²) in [5, 5.41) is 4.64. The van der Waals surface area contributed by atoms with Crippen molar-refractivity contribution in [2.24, 2.45) is 5.73 Å². The fourth-order valence-corrected chi connectivity index (χ4v) is 2.07. The van der Waals surface area contributed by atoms with Crippen molar-refractivity contribution in [1.82, 2.24) is 10.6 Å². The average molecular weight is 393 g/mol. The number of ether oxygens (including phenoxy) is 2. The second kappa shape index (κ2) is 10.9. The van der Waals surface area contributed by atoms with Crippen molar-refractivity contribution in [2.45, 2.75) is 51.9 Å². The molecule has 28 heavy (non-hydrogen) atoms. The Morgan fingerprint density at radius 3 is 2.32 bits per heavy atom. The van der Waals surface area contributed by atoms with Gasteiger partial charge in [0.1, 0.15) is 24.8 Å². The van der Waals surface area contributed by atoms with Crippen molar-refractivity contribution in [3.8, 4) is 0 Å². The van der Waals surface area contributed by atoms with Gasteiger partial charge in [0.25, 0.3) is 0 Å². The molecule has 3 amide bonds. The molecule has 0 aliphatic carbocycles. The maximum atomic E-state index is 11.9. The molecule has 0 bridgehead atoms. The van der Waals surface area contributed by atoms with Gasteiger partial charge in [-0.3, -0.25) is 14.4 Å². The SMILES string of the molecule is CC(C)(C)OC(=O)NCC(=O)N[C@H](CCC(=O)OCc1ccccc1)C(N)=O. The van der Waals surface area contributed by atoms with Crippen molar-refractivity contribution in [1.29, 1.82) is 0 Å². The van der Waals surface area contributed by atoms with Gasteiger partial charge in [-0.2, -0.15) is 0 Å². The molecular formula is C19H27N3O6. The van der Waals surface area contributed by atoms with Crippen LogP contribution in [0.2, 0.25) is 0 Å². The molecule has 0 spiro atoms. The first-order chi connectivity index (χ1) is 13.1. The molecule has 4 N–H and O–H groups in total. The molecule has 9 heteroatoms. The molecule has 0 aromatic heterocycles. The van der Waals surface area contributed by atoms with Crippen LogP contribution in [0.4, 0.5) is 4.79 Å². The molecule has 0 saturated carbocycles. The van der Waals surface area contributed by atoms with E-state index >= 15 is 0 Å². The van der Waals surface area contributed by atoms with Gasteiger partial charge in [0.05, 0.1) is 0 Å². The number of carbonyl (C=O) groups excluding carboxylic acids is 4. The molecule has 1 rings (SSSR count). The van der Waals surface area contributed by atoms with E-state index in [1.165, 1.54) is 0 Å². The fraction of sp³-hybridized carbons (Fsp3) is 0.474. The third-order valence-corrected chi connectivity index (χ3v) is 3.35. The first-order valence-electron chi connectivity index (χ1n) is 8.82. The normalized spacial score (nSPS) is 11.8. The molecule has 0 heterocycles. The molecule has 0 unspecified atom stereocenters. The lowest BCUT2D eigenvalue weighted by atomic mass is 10.1. The topological polar surface area (TPSA) is 137 Å². The van der Waals surface area contributed by atoms with Gasteiger partial charge in [0.2, 0.25) is 11.8 Å². The maximum absolute atomic E-state index is 11.9. The Labute approximate surface area is 163 Å². The third-order valence-electron chi connectivity index (χ3n) is 3.35. The van der Waals surface area contributed by atoms with Crippen molar-refractivity contribution in [3.63, 3.8) is 0 Å². The number of alkyl carbamates (subject to hydrolysis) is 1. The number of hydrogen-bond donors (Lipinski definition) is 3.